The first-order valence-corrected chi connectivity index (χ1v) is 8.02. The molecule has 0 bridgehead atoms. The molecule has 116 valence electrons. The Balaban J connectivity index is 1.41. The van der Waals surface area contributed by atoms with Crippen LogP contribution < -0.4 is 4.90 Å². The number of hydrogen-bond donors (Lipinski definition) is 0. The Kier molecular flexibility index (Phi) is 5.04. The third-order valence-corrected chi connectivity index (χ3v) is 4.39. The SMILES string of the molecule is Fc1cccnc1N1CC[C@@H](OCCN2CCCCC2)C1. The lowest BCUT2D eigenvalue weighted by atomic mass is 10.1. The van der Waals surface area contributed by atoms with E-state index in [-0.39, 0.29) is 11.9 Å². The number of nitrogens with zero attached hydrogens (tertiary/aromatic N) is 3. The van der Waals surface area contributed by atoms with Gasteiger partial charge in [0.2, 0.25) is 0 Å². The summed E-state index contributed by atoms with van der Waals surface area (Å²) in [6.45, 7) is 5.78. The molecule has 5 heteroatoms. The maximum atomic E-state index is 13.7. The predicted octanol–water partition coefficient (Wildman–Crippen LogP) is 2.30. The topological polar surface area (TPSA) is 28.6 Å². The highest BCUT2D eigenvalue weighted by atomic mass is 19.1. The van der Waals surface area contributed by atoms with Gasteiger partial charge in [-0.25, -0.2) is 9.37 Å². The maximum Gasteiger partial charge on any atom is 0.165 e. The van der Waals surface area contributed by atoms with Crippen molar-refractivity contribution in [1.29, 1.82) is 0 Å². The molecule has 1 aromatic heterocycles. The molecule has 0 saturated carbocycles. The molecule has 0 spiro atoms. The third-order valence-electron chi connectivity index (χ3n) is 4.39. The standard InChI is InChI=1S/C16H24FN3O/c17-15-5-4-7-18-16(15)20-10-6-14(13-20)21-12-11-19-8-2-1-3-9-19/h4-5,7,14H,1-3,6,8-13H2/t14-/m1/s1. The van der Waals surface area contributed by atoms with Crippen LogP contribution in [0.1, 0.15) is 25.7 Å². The number of halogens is 1. The van der Waals surface area contributed by atoms with Crippen LogP contribution in [0, 0.1) is 5.82 Å². The largest absolute Gasteiger partial charge is 0.375 e. The minimum Gasteiger partial charge on any atom is -0.375 e. The lowest BCUT2D eigenvalue weighted by Gasteiger charge is -2.26. The van der Waals surface area contributed by atoms with Crippen molar-refractivity contribution in [3.05, 3.63) is 24.1 Å². The van der Waals surface area contributed by atoms with E-state index < -0.39 is 0 Å². The zero-order valence-electron chi connectivity index (χ0n) is 12.5. The Labute approximate surface area is 125 Å². The van der Waals surface area contributed by atoms with Gasteiger partial charge in [0.1, 0.15) is 0 Å². The van der Waals surface area contributed by atoms with Crippen LogP contribution in [-0.4, -0.2) is 55.3 Å². The second-order valence-electron chi connectivity index (χ2n) is 5.94. The van der Waals surface area contributed by atoms with E-state index in [1.165, 1.54) is 38.4 Å². The Morgan fingerprint density at radius 1 is 1.24 bits per heavy atom. The Morgan fingerprint density at radius 3 is 2.90 bits per heavy atom. The molecule has 2 fully saturated rings. The lowest BCUT2D eigenvalue weighted by molar-refractivity contribution is 0.0466. The van der Waals surface area contributed by atoms with Crippen molar-refractivity contribution in [1.82, 2.24) is 9.88 Å². The summed E-state index contributed by atoms with van der Waals surface area (Å²) >= 11 is 0. The average molecular weight is 293 g/mol. The highest BCUT2D eigenvalue weighted by molar-refractivity contribution is 5.40. The van der Waals surface area contributed by atoms with E-state index >= 15 is 0 Å². The molecule has 3 heterocycles. The van der Waals surface area contributed by atoms with Gasteiger partial charge in [-0.3, -0.25) is 0 Å². The van der Waals surface area contributed by atoms with Gasteiger partial charge in [0.15, 0.2) is 11.6 Å². The summed E-state index contributed by atoms with van der Waals surface area (Å²) < 4.78 is 19.7. The third kappa shape index (κ3) is 3.92. The summed E-state index contributed by atoms with van der Waals surface area (Å²) in [4.78, 5) is 8.60. The number of ether oxygens (including phenoxy) is 1. The van der Waals surface area contributed by atoms with E-state index in [1.807, 2.05) is 4.90 Å². The molecule has 2 aliphatic heterocycles. The van der Waals surface area contributed by atoms with Gasteiger partial charge in [-0.05, 0) is 44.5 Å². The van der Waals surface area contributed by atoms with E-state index in [0.717, 1.165) is 32.7 Å². The number of anilines is 1. The molecule has 2 saturated heterocycles. The number of likely N-dealkylation sites (tertiary alicyclic amines) is 1. The molecule has 1 aromatic rings. The molecule has 0 N–H and O–H groups in total. The minimum absolute atomic E-state index is 0.205. The Morgan fingerprint density at radius 2 is 2.10 bits per heavy atom. The van der Waals surface area contributed by atoms with Crippen molar-refractivity contribution in [2.24, 2.45) is 0 Å². The van der Waals surface area contributed by atoms with Crippen molar-refractivity contribution in [2.75, 3.05) is 44.2 Å². The summed E-state index contributed by atoms with van der Waals surface area (Å²) in [6, 6.07) is 3.09. The maximum absolute atomic E-state index is 13.7. The molecule has 0 unspecified atom stereocenters. The second kappa shape index (κ2) is 7.18. The smallest absolute Gasteiger partial charge is 0.165 e. The highest BCUT2D eigenvalue weighted by Gasteiger charge is 2.25. The zero-order chi connectivity index (χ0) is 14.5. The van der Waals surface area contributed by atoms with Gasteiger partial charge in [0, 0.05) is 25.8 Å². The van der Waals surface area contributed by atoms with Crippen LogP contribution in [0.5, 0.6) is 0 Å². The number of rotatable bonds is 5. The van der Waals surface area contributed by atoms with E-state index in [9.17, 15) is 4.39 Å². The van der Waals surface area contributed by atoms with Gasteiger partial charge >= 0.3 is 0 Å². The van der Waals surface area contributed by atoms with Crippen LogP contribution in [0.2, 0.25) is 0 Å². The molecule has 3 rings (SSSR count). The summed E-state index contributed by atoms with van der Waals surface area (Å²) in [5.41, 5.74) is 0. The van der Waals surface area contributed by atoms with E-state index in [4.69, 9.17) is 4.74 Å². The quantitative estimate of drug-likeness (QED) is 0.833. The first-order valence-electron chi connectivity index (χ1n) is 8.02. The lowest BCUT2D eigenvalue weighted by Crippen LogP contribution is -2.34. The van der Waals surface area contributed by atoms with E-state index in [0.29, 0.717) is 5.82 Å². The van der Waals surface area contributed by atoms with Crippen LogP contribution in [0.25, 0.3) is 0 Å². The fraction of sp³-hybridized carbons (Fsp3) is 0.688. The van der Waals surface area contributed by atoms with Gasteiger partial charge in [0.25, 0.3) is 0 Å². The number of aromatic nitrogens is 1. The molecular formula is C16H24FN3O. The molecule has 21 heavy (non-hydrogen) atoms. The molecule has 0 aliphatic carbocycles. The highest BCUT2D eigenvalue weighted by Crippen LogP contribution is 2.22. The summed E-state index contributed by atoms with van der Waals surface area (Å²) in [5.74, 6) is 0.214. The molecule has 1 atom stereocenters. The summed E-state index contributed by atoms with van der Waals surface area (Å²) in [6.07, 6.45) is 6.80. The van der Waals surface area contributed by atoms with Gasteiger partial charge < -0.3 is 14.5 Å². The summed E-state index contributed by atoms with van der Waals surface area (Å²) in [5, 5.41) is 0. The fourth-order valence-corrected chi connectivity index (χ4v) is 3.20. The van der Waals surface area contributed by atoms with Crippen LogP contribution in [0.3, 0.4) is 0 Å². The molecular weight excluding hydrogens is 269 g/mol. The van der Waals surface area contributed by atoms with Crippen LogP contribution in [0.4, 0.5) is 10.2 Å². The minimum atomic E-state index is -0.244. The van der Waals surface area contributed by atoms with Crippen LogP contribution >= 0.6 is 0 Å². The fourth-order valence-electron chi connectivity index (χ4n) is 3.20. The van der Waals surface area contributed by atoms with E-state index in [2.05, 4.69) is 9.88 Å². The number of pyridine rings is 1. The zero-order valence-corrected chi connectivity index (χ0v) is 12.5. The molecule has 0 radical (unpaired) electrons. The predicted molar refractivity (Wildman–Crippen MR) is 81.1 cm³/mol. The van der Waals surface area contributed by atoms with Crippen LogP contribution in [-0.2, 0) is 4.74 Å². The molecule has 4 nitrogen and oxygen atoms in total. The molecule has 2 aliphatic rings. The Bertz CT molecular complexity index is 451. The normalized spacial score (nSPS) is 23.7. The van der Waals surface area contributed by atoms with Gasteiger partial charge in [-0.15, -0.1) is 0 Å². The molecule has 0 aromatic carbocycles. The van der Waals surface area contributed by atoms with E-state index in [1.54, 1.807) is 12.3 Å². The van der Waals surface area contributed by atoms with Gasteiger partial charge in [-0.2, -0.15) is 0 Å². The van der Waals surface area contributed by atoms with Crippen molar-refractivity contribution in [2.45, 2.75) is 31.8 Å². The van der Waals surface area contributed by atoms with Crippen LogP contribution in [0.15, 0.2) is 18.3 Å². The number of piperidine rings is 1. The van der Waals surface area contributed by atoms with Crippen molar-refractivity contribution in [3.63, 3.8) is 0 Å². The first kappa shape index (κ1) is 14.7. The summed E-state index contributed by atoms with van der Waals surface area (Å²) in [7, 11) is 0. The van der Waals surface area contributed by atoms with Crippen molar-refractivity contribution < 1.29 is 9.13 Å². The second-order valence-corrected chi connectivity index (χ2v) is 5.94. The van der Waals surface area contributed by atoms with Gasteiger partial charge in [-0.1, -0.05) is 6.42 Å². The monoisotopic (exact) mass is 293 g/mol. The first-order chi connectivity index (χ1) is 10.3. The van der Waals surface area contributed by atoms with Crippen molar-refractivity contribution in [3.8, 4) is 0 Å². The number of hydrogen-bond acceptors (Lipinski definition) is 4. The van der Waals surface area contributed by atoms with Gasteiger partial charge in [0.05, 0.1) is 12.7 Å². The molecule has 0 amide bonds. The Hall–Kier alpha value is -1.20. The van der Waals surface area contributed by atoms with Crippen molar-refractivity contribution >= 4 is 5.82 Å². The average Bonchev–Trinajstić information content (AvgIpc) is 2.97.